The second-order valence-electron chi connectivity index (χ2n) is 8.20. The molecule has 3 unspecified atom stereocenters. The monoisotopic (exact) mass is 302 g/mol. The molecule has 0 aromatic rings. The van der Waals surface area contributed by atoms with Gasteiger partial charge in [-0.05, 0) is 61.9 Å². The van der Waals surface area contributed by atoms with E-state index in [0.717, 1.165) is 30.6 Å². The second kappa shape index (κ2) is 7.81. The quantitative estimate of drug-likeness (QED) is 0.681. The van der Waals surface area contributed by atoms with Gasteiger partial charge in [0.25, 0.3) is 0 Å². The van der Waals surface area contributed by atoms with E-state index in [1.165, 1.54) is 69.8 Å². The lowest BCUT2D eigenvalue weighted by Gasteiger charge is -2.25. The molecule has 1 nitrogen and oxygen atoms in total. The molecule has 3 rings (SSSR count). The first kappa shape index (κ1) is 16.3. The standard InChI is InChI=1S/C21H34O/c1-16-7-9-20(15-16)18-10-12-19(13-11-18)21(22)14-8-17-5-3-2-4-6-17/h10,12,16-17,20-22H,2-9,11,13-15H2,1H3. The SMILES string of the molecule is CC1CCC(C2=CC=C(C(O)CCC3CCCCC3)CC2)C1. The highest BCUT2D eigenvalue weighted by Gasteiger charge is 2.26. The van der Waals surface area contributed by atoms with Gasteiger partial charge in [0.2, 0.25) is 0 Å². The summed E-state index contributed by atoms with van der Waals surface area (Å²) in [4.78, 5) is 0. The van der Waals surface area contributed by atoms with Crippen molar-refractivity contribution in [1.82, 2.24) is 0 Å². The van der Waals surface area contributed by atoms with E-state index in [0.29, 0.717) is 0 Å². The molecule has 0 radical (unpaired) electrons. The highest BCUT2D eigenvalue weighted by Crippen LogP contribution is 2.39. The minimum atomic E-state index is -0.178. The summed E-state index contributed by atoms with van der Waals surface area (Å²) in [6.07, 6.45) is 20.2. The van der Waals surface area contributed by atoms with Crippen LogP contribution in [0.15, 0.2) is 23.3 Å². The van der Waals surface area contributed by atoms with Crippen LogP contribution in [-0.4, -0.2) is 11.2 Å². The Morgan fingerprint density at radius 2 is 1.86 bits per heavy atom. The van der Waals surface area contributed by atoms with Crippen molar-refractivity contribution in [2.45, 2.75) is 90.1 Å². The van der Waals surface area contributed by atoms with Crippen LogP contribution in [0.2, 0.25) is 0 Å². The molecule has 0 bridgehead atoms. The predicted molar refractivity (Wildman–Crippen MR) is 93.7 cm³/mol. The Hall–Kier alpha value is -0.560. The van der Waals surface area contributed by atoms with Gasteiger partial charge in [-0.25, -0.2) is 0 Å². The van der Waals surface area contributed by atoms with Gasteiger partial charge in [-0.2, -0.15) is 0 Å². The molecule has 0 spiro atoms. The molecule has 1 N–H and O–H groups in total. The van der Waals surface area contributed by atoms with Gasteiger partial charge in [-0.1, -0.05) is 63.2 Å². The van der Waals surface area contributed by atoms with Crippen LogP contribution in [0.5, 0.6) is 0 Å². The third-order valence-corrected chi connectivity index (χ3v) is 6.43. The highest BCUT2D eigenvalue weighted by molar-refractivity contribution is 5.28. The van der Waals surface area contributed by atoms with Crippen molar-refractivity contribution in [2.24, 2.45) is 17.8 Å². The van der Waals surface area contributed by atoms with Crippen molar-refractivity contribution in [3.05, 3.63) is 23.3 Å². The Bertz CT molecular complexity index is 414. The average molecular weight is 303 g/mol. The summed E-state index contributed by atoms with van der Waals surface area (Å²) in [5.41, 5.74) is 2.96. The minimum Gasteiger partial charge on any atom is -0.389 e. The molecule has 22 heavy (non-hydrogen) atoms. The average Bonchev–Trinajstić information content (AvgIpc) is 3.00. The molecular weight excluding hydrogens is 268 g/mol. The first-order valence-electron chi connectivity index (χ1n) is 9.80. The van der Waals surface area contributed by atoms with Crippen LogP contribution < -0.4 is 0 Å². The van der Waals surface area contributed by atoms with Gasteiger partial charge in [0.15, 0.2) is 0 Å². The Morgan fingerprint density at radius 3 is 2.50 bits per heavy atom. The summed E-state index contributed by atoms with van der Waals surface area (Å²) < 4.78 is 0. The Kier molecular flexibility index (Phi) is 5.79. The maximum absolute atomic E-state index is 10.5. The molecular formula is C21H34O. The Labute approximate surface area is 136 Å². The van der Waals surface area contributed by atoms with Crippen molar-refractivity contribution in [2.75, 3.05) is 0 Å². The van der Waals surface area contributed by atoms with Gasteiger partial charge < -0.3 is 5.11 Å². The van der Waals surface area contributed by atoms with Crippen molar-refractivity contribution in [3.8, 4) is 0 Å². The number of allylic oxidation sites excluding steroid dienone is 3. The summed E-state index contributed by atoms with van der Waals surface area (Å²) in [5, 5.41) is 10.5. The molecule has 0 heterocycles. The van der Waals surface area contributed by atoms with Gasteiger partial charge in [-0.3, -0.25) is 0 Å². The summed E-state index contributed by atoms with van der Waals surface area (Å²) in [6.45, 7) is 2.39. The molecule has 0 aromatic heterocycles. The van der Waals surface area contributed by atoms with Gasteiger partial charge in [-0.15, -0.1) is 0 Å². The molecule has 0 aromatic carbocycles. The molecule has 0 amide bonds. The lowest BCUT2D eigenvalue weighted by molar-refractivity contribution is 0.177. The van der Waals surface area contributed by atoms with Crippen LogP contribution in [-0.2, 0) is 0 Å². The Morgan fingerprint density at radius 1 is 1.05 bits per heavy atom. The van der Waals surface area contributed by atoms with E-state index in [1.54, 1.807) is 5.57 Å². The smallest absolute Gasteiger partial charge is 0.0753 e. The van der Waals surface area contributed by atoms with E-state index in [4.69, 9.17) is 0 Å². The lowest BCUT2D eigenvalue weighted by Crippen LogP contribution is -2.16. The van der Waals surface area contributed by atoms with Gasteiger partial charge in [0.05, 0.1) is 6.10 Å². The van der Waals surface area contributed by atoms with E-state index in [1.807, 2.05) is 0 Å². The van der Waals surface area contributed by atoms with E-state index in [2.05, 4.69) is 19.1 Å². The molecule has 124 valence electrons. The number of aliphatic hydroxyl groups is 1. The fourth-order valence-corrected chi connectivity index (χ4v) is 4.89. The minimum absolute atomic E-state index is 0.178. The maximum atomic E-state index is 10.5. The van der Waals surface area contributed by atoms with Crippen molar-refractivity contribution in [1.29, 1.82) is 0 Å². The zero-order valence-corrected chi connectivity index (χ0v) is 14.4. The van der Waals surface area contributed by atoms with Crippen LogP contribution in [0.25, 0.3) is 0 Å². The van der Waals surface area contributed by atoms with E-state index in [-0.39, 0.29) is 6.10 Å². The van der Waals surface area contributed by atoms with Gasteiger partial charge >= 0.3 is 0 Å². The lowest BCUT2D eigenvalue weighted by atomic mass is 9.82. The normalized spacial score (nSPS) is 31.7. The zero-order valence-electron chi connectivity index (χ0n) is 14.4. The summed E-state index contributed by atoms with van der Waals surface area (Å²) in [5.74, 6) is 2.64. The third kappa shape index (κ3) is 4.25. The van der Waals surface area contributed by atoms with Crippen LogP contribution in [0.4, 0.5) is 0 Å². The largest absolute Gasteiger partial charge is 0.389 e. The number of aliphatic hydroxyl groups excluding tert-OH is 1. The van der Waals surface area contributed by atoms with E-state index >= 15 is 0 Å². The van der Waals surface area contributed by atoms with Crippen LogP contribution in [0.1, 0.15) is 84.0 Å². The van der Waals surface area contributed by atoms with Gasteiger partial charge in [0, 0.05) is 0 Å². The van der Waals surface area contributed by atoms with Crippen LogP contribution in [0.3, 0.4) is 0 Å². The van der Waals surface area contributed by atoms with Crippen LogP contribution in [0, 0.1) is 17.8 Å². The topological polar surface area (TPSA) is 20.2 Å². The Balaban J connectivity index is 1.47. The molecule has 2 saturated carbocycles. The maximum Gasteiger partial charge on any atom is 0.0753 e. The molecule has 1 heteroatoms. The molecule has 3 aliphatic carbocycles. The van der Waals surface area contributed by atoms with Crippen molar-refractivity contribution >= 4 is 0 Å². The predicted octanol–water partition coefficient (Wildman–Crippen LogP) is 5.79. The molecule has 0 aliphatic heterocycles. The first-order valence-corrected chi connectivity index (χ1v) is 9.80. The number of hydrogen-bond acceptors (Lipinski definition) is 1. The molecule has 3 aliphatic rings. The molecule has 2 fully saturated rings. The molecule has 3 atom stereocenters. The first-order chi connectivity index (χ1) is 10.7. The fraction of sp³-hybridized carbons (Fsp3) is 0.810. The number of hydrogen-bond donors (Lipinski definition) is 1. The van der Waals surface area contributed by atoms with Crippen molar-refractivity contribution < 1.29 is 5.11 Å². The van der Waals surface area contributed by atoms with E-state index in [9.17, 15) is 5.11 Å². The third-order valence-electron chi connectivity index (χ3n) is 6.43. The summed E-state index contributed by atoms with van der Waals surface area (Å²) in [6, 6.07) is 0. The van der Waals surface area contributed by atoms with Crippen LogP contribution >= 0.6 is 0 Å². The second-order valence-corrected chi connectivity index (χ2v) is 8.20. The fourth-order valence-electron chi connectivity index (χ4n) is 4.89. The zero-order chi connectivity index (χ0) is 15.4. The summed E-state index contributed by atoms with van der Waals surface area (Å²) >= 11 is 0. The molecule has 0 saturated heterocycles. The van der Waals surface area contributed by atoms with Gasteiger partial charge in [0.1, 0.15) is 0 Å². The number of rotatable bonds is 5. The van der Waals surface area contributed by atoms with Crippen molar-refractivity contribution in [3.63, 3.8) is 0 Å². The van der Waals surface area contributed by atoms with E-state index < -0.39 is 0 Å². The summed E-state index contributed by atoms with van der Waals surface area (Å²) in [7, 11) is 0. The highest BCUT2D eigenvalue weighted by atomic mass is 16.3.